The summed E-state index contributed by atoms with van der Waals surface area (Å²) < 4.78 is 0. The van der Waals surface area contributed by atoms with Gasteiger partial charge in [0.2, 0.25) is 0 Å². The molecule has 0 aromatic carbocycles. The highest BCUT2D eigenvalue weighted by atomic mass is 15.1. The first-order valence-corrected chi connectivity index (χ1v) is 11.7. The van der Waals surface area contributed by atoms with Crippen molar-refractivity contribution < 1.29 is 0 Å². The third-order valence-electron chi connectivity index (χ3n) is 6.98. The zero-order valence-electron chi connectivity index (χ0n) is 18.8. The fourth-order valence-corrected chi connectivity index (χ4v) is 5.75. The number of nitrogens with zero attached hydrogens (tertiary/aromatic N) is 2. The van der Waals surface area contributed by atoms with Gasteiger partial charge in [0.05, 0.1) is 0 Å². The Bertz CT molecular complexity index is 381. The van der Waals surface area contributed by atoms with Crippen LogP contribution in [0.1, 0.15) is 70.6 Å². The highest BCUT2D eigenvalue weighted by molar-refractivity contribution is 4.81. The van der Waals surface area contributed by atoms with Crippen LogP contribution in [0.15, 0.2) is 0 Å². The SMILES string of the molecule is CN[C@@H](CC1CCCC(CN(C)C[C@H](N)CC2CCCCC2)C1)CN(C)C. The van der Waals surface area contributed by atoms with Gasteiger partial charge in [-0.3, -0.25) is 0 Å². The molecule has 2 aliphatic rings. The molecule has 0 spiro atoms. The van der Waals surface area contributed by atoms with E-state index in [0.29, 0.717) is 12.1 Å². The maximum Gasteiger partial charge on any atom is 0.0194 e. The molecule has 2 saturated carbocycles. The van der Waals surface area contributed by atoms with Crippen LogP contribution < -0.4 is 11.1 Å². The summed E-state index contributed by atoms with van der Waals surface area (Å²) in [6.07, 6.45) is 15.4. The van der Waals surface area contributed by atoms with Gasteiger partial charge in [0.25, 0.3) is 0 Å². The van der Waals surface area contributed by atoms with Gasteiger partial charge in [-0.05, 0) is 71.6 Å². The summed E-state index contributed by atoms with van der Waals surface area (Å²) in [7, 11) is 8.78. The summed E-state index contributed by atoms with van der Waals surface area (Å²) >= 11 is 0. The molecule has 2 rings (SSSR count). The molecule has 2 fully saturated rings. The number of likely N-dealkylation sites (N-methyl/N-ethyl adjacent to an activating group) is 3. The molecule has 2 unspecified atom stereocenters. The van der Waals surface area contributed by atoms with Gasteiger partial charge in [-0.1, -0.05) is 44.9 Å². The van der Waals surface area contributed by atoms with Crippen LogP contribution in [0.2, 0.25) is 0 Å². The van der Waals surface area contributed by atoms with Crippen molar-refractivity contribution in [3.05, 3.63) is 0 Å². The lowest BCUT2D eigenvalue weighted by molar-refractivity contribution is 0.169. The smallest absolute Gasteiger partial charge is 0.0194 e. The van der Waals surface area contributed by atoms with E-state index in [1.165, 1.54) is 77.2 Å². The maximum absolute atomic E-state index is 6.51. The van der Waals surface area contributed by atoms with E-state index in [4.69, 9.17) is 5.73 Å². The fraction of sp³-hybridized carbons (Fsp3) is 1.00. The molecule has 0 radical (unpaired) electrons. The van der Waals surface area contributed by atoms with E-state index in [0.717, 1.165) is 30.8 Å². The van der Waals surface area contributed by atoms with Crippen LogP contribution in [-0.2, 0) is 0 Å². The minimum absolute atomic E-state index is 0.367. The first-order valence-electron chi connectivity index (χ1n) is 11.7. The molecule has 0 aliphatic heterocycles. The van der Waals surface area contributed by atoms with Crippen molar-refractivity contribution in [2.45, 2.75) is 82.7 Å². The zero-order chi connectivity index (χ0) is 19.6. The number of nitrogens with one attached hydrogen (secondary N) is 1. The van der Waals surface area contributed by atoms with E-state index in [9.17, 15) is 0 Å². The normalized spacial score (nSPS) is 27.2. The molecule has 27 heavy (non-hydrogen) atoms. The third kappa shape index (κ3) is 9.25. The van der Waals surface area contributed by atoms with Gasteiger partial charge in [-0.2, -0.15) is 0 Å². The summed E-state index contributed by atoms with van der Waals surface area (Å²) in [6, 6.07) is 0.997. The molecule has 0 heterocycles. The van der Waals surface area contributed by atoms with Crippen LogP contribution >= 0.6 is 0 Å². The van der Waals surface area contributed by atoms with Crippen LogP contribution in [0.4, 0.5) is 0 Å². The molecule has 0 aromatic heterocycles. The van der Waals surface area contributed by atoms with Crippen LogP contribution in [0, 0.1) is 17.8 Å². The van der Waals surface area contributed by atoms with Crippen molar-refractivity contribution in [2.24, 2.45) is 23.5 Å². The Balaban J connectivity index is 1.68. The second kappa shape index (κ2) is 12.4. The van der Waals surface area contributed by atoms with Crippen molar-refractivity contribution >= 4 is 0 Å². The van der Waals surface area contributed by atoms with Crippen LogP contribution in [0.5, 0.6) is 0 Å². The lowest BCUT2D eigenvalue weighted by Gasteiger charge is -2.35. The Morgan fingerprint density at radius 3 is 2.19 bits per heavy atom. The van der Waals surface area contributed by atoms with Crippen molar-refractivity contribution in [3.8, 4) is 0 Å². The van der Waals surface area contributed by atoms with Crippen molar-refractivity contribution in [1.82, 2.24) is 15.1 Å². The van der Waals surface area contributed by atoms with Gasteiger partial charge in [0.15, 0.2) is 0 Å². The van der Waals surface area contributed by atoms with E-state index in [-0.39, 0.29) is 0 Å². The molecule has 0 amide bonds. The summed E-state index contributed by atoms with van der Waals surface area (Å²) in [5.74, 6) is 2.66. The van der Waals surface area contributed by atoms with E-state index in [2.05, 4.69) is 43.3 Å². The van der Waals surface area contributed by atoms with Gasteiger partial charge < -0.3 is 20.9 Å². The molecule has 4 heteroatoms. The van der Waals surface area contributed by atoms with Gasteiger partial charge in [0, 0.05) is 31.7 Å². The average molecular weight is 381 g/mol. The Morgan fingerprint density at radius 2 is 1.52 bits per heavy atom. The topological polar surface area (TPSA) is 44.5 Å². The summed E-state index contributed by atoms with van der Waals surface area (Å²) in [6.45, 7) is 3.47. The van der Waals surface area contributed by atoms with E-state index in [1.54, 1.807) is 0 Å². The molecule has 160 valence electrons. The fourth-order valence-electron chi connectivity index (χ4n) is 5.75. The first-order chi connectivity index (χ1) is 13.0. The minimum atomic E-state index is 0.367. The van der Waals surface area contributed by atoms with Crippen LogP contribution in [0.25, 0.3) is 0 Å². The number of hydrogen-bond acceptors (Lipinski definition) is 4. The molecule has 4 atom stereocenters. The molecule has 4 nitrogen and oxygen atoms in total. The zero-order valence-corrected chi connectivity index (χ0v) is 18.8. The van der Waals surface area contributed by atoms with Crippen LogP contribution in [0.3, 0.4) is 0 Å². The average Bonchev–Trinajstić information content (AvgIpc) is 2.61. The van der Waals surface area contributed by atoms with E-state index >= 15 is 0 Å². The standard InChI is InChI=1S/C23H48N4/c1-25-23(18-26(2)3)15-20-11-8-12-21(13-20)16-27(4)17-22(24)14-19-9-6-5-7-10-19/h19-23,25H,5-18,24H2,1-4H3/t20?,21?,22-,23+/m1/s1. The molecule has 3 N–H and O–H groups in total. The quantitative estimate of drug-likeness (QED) is 0.575. The van der Waals surface area contributed by atoms with E-state index < -0.39 is 0 Å². The molecular weight excluding hydrogens is 332 g/mol. The monoisotopic (exact) mass is 380 g/mol. The summed E-state index contributed by atoms with van der Waals surface area (Å²) in [5, 5.41) is 3.53. The molecule has 0 saturated heterocycles. The number of hydrogen-bond donors (Lipinski definition) is 2. The van der Waals surface area contributed by atoms with E-state index in [1.807, 2.05) is 0 Å². The van der Waals surface area contributed by atoms with Gasteiger partial charge in [-0.25, -0.2) is 0 Å². The van der Waals surface area contributed by atoms with Gasteiger partial charge in [-0.15, -0.1) is 0 Å². The second-order valence-electron chi connectivity index (χ2n) is 10.1. The Hall–Kier alpha value is -0.160. The summed E-state index contributed by atoms with van der Waals surface area (Å²) in [5.41, 5.74) is 6.51. The number of nitrogens with two attached hydrogens (primary N) is 1. The predicted octanol–water partition coefficient (Wildman–Crippen LogP) is 3.56. The highest BCUT2D eigenvalue weighted by Gasteiger charge is 2.26. The van der Waals surface area contributed by atoms with Gasteiger partial charge in [0.1, 0.15) is 0 Å². The third-order valence-corrected chi connectivity index (χ3v) is 6.98. The lowest BCUT2D eigenvalue weighted by Crippen LogP contribution is -2.41. The highest BCUT2D eigenvalue weighted by Crippen LogP contribution is 2.32. The Morgan fingerprint density at radius 1 is 0.852 bits per heavy atom. The van der Waals surface area contributed by atoms with Crippen LogP contribution in [-0.4, -0.2) is 69.7 Å². The largest absolute Gasteiger partial charge is 0.327 e. The van der Waals surface area contributed by atoms with Crippen molar-refractivity contribution in [3.63, 3.8) is 0 Å². The van der Waals surface area contributed by atoms with Crippen molar-refractivity contribution in [1.29, 1.82) is 0 Å². The predicted molar refractivity (Wildman–Crippen MR) is 118 cm³/mol. The lowest BCUT2D eigenvalue weighted by atomic mass is 9.78. The molecule has 0 bridgehead atoms. The second-order valence-corrected chi connectivity index (χ2v) is 10.1. The number of rotatable bonds is 11. The molecule has 2 aliphatic carbocycles. The summed E-state index contributed by atoms with van der Waals surface area (Å²) in [4.78, 5) is 4.85. The Kier molecular flexibility index (Phi) is 10.6. The van der Waals surface area contributed by atoms with Gasteiger partial charge >= 0.3 is 0 Å². The van der Waals surface area contributed by atoms with Crippen molar-refractivity contribution in [2.75, 3.05) is 47.8 Å². The Labute approximate surface area is 169 Å². The minimum Gasteiger partial charge on any atom is -0.327 e. The molecule has 0 aromatic rings. The first kappa shape index (κ1) is 23.1. The molecular formula is C23H48N4. The maximum atomic E-state index is 6.51.